The minimum atomic E-state index is -1.61. The van der Waals surface area contributed by atoms with Gasteiger partial charge in [0.1, 0.15) is 40.0 Å². The largest absolute Gasteiger partial charge is 0.507 e. The molecule has 2 atom stereocenters. The van der Waals surface area contributed by atoms with E-state index in [0.717, 1.165) is 5.75 Å². The van der Waals surface area contributed by atoms with Gasteiger partial charge in [-0.05, 0) is 58.3 Å². The fourth-order valence-electron chi connectivity index (χ4n) is 5.18. The van der Waals surface area contributed by atoms with E-state index in [2.05, 4.69) is 20.4 Å². The SMILES string of the molecule is CSCC[C@@H](N/C(C)=C1\C(=O)C=C2Oc3c(C(C)=O)c(O)c(C)c(O)c3[C@@]2(C)C1=O)c1nc(-c2cccnc2)no1. The third-order valence-electron chi connectivity index (χ3n) is 7.42. The molecular weight excluding hydrogens is 548 g/mol. The second-order valence-electron chi connectivity index (χ2n) is 10.1. The summed E-state index contributed by atoms with van der Waals surface area (Å²) >= 11 is 1.61. The maximum atomic E-state index is 14.1. The molecule has 0 radical (unpaired) electrons. The van der Waals surface area contributed by atoms with Crippen LogP contribution in [0.2, 0.25) is 0 Å². The van der Waals surface area contributed by atoms with E-state index < -0.39 is 34.6 Å². The monoisotopic (exact) mass is 576 g/mol. The molecule has 0 saturated carbocycles. The highest BCUT2D eigenvalue weighted by Gasteiger charge is 2.56. The predicted molar refractivity (Wildman–Crippen MR) is 150 cm³/mol. The number of fused-ring (bicyclic) bond motifs is 3. The molecule has 0 unspecified atom stereocenters. The number of rotatable bonds is 8. The normalized spacial score (nSPS) is 19.7. The Bertz CT molecular complexity index is 1660. The lowest BCUT2D eigenvalue weighted by Crippen LogP contribution is -2.41. The van der Waals surface area contributed by atoms with Crippen molar-refractivity contribution in [1.29, 1.82) is 0 Å². The van der Waals surface area contributed by atoms with Crippen molar-refractivity contribution in [3.05, 3.63) is 70.2 Å². The highest BCUT2D eigenvalue weighted by Crippen LogP contribution is 2.57. The Morgan fingerprint density at radius 2 is 1.98 bits per heavy atom. The standard InChI is InChI=1S/C29H28N4O7S/c1-13-23(36)21(15(3)34)25-22(24(13)37)29(4)19(39-25)11-18(35)20(26(29)38)14(2)31-17(8-10-41-5)28-32-27(33-40-28)16-7-6-9-30-12-16/h6-7,9,11-12,17,31,36-37H,8,10H2,1-5H3/b20-14+/t17-,29+/m1/s1. The van der Waals surface area contributed by atoms with Gasteiger partial charge in [-0.3, -0.25) is 19.4 Å². The summed E-state index contributed by atoms with van der Waals surface area (Å²) in [6.45, 7) is 5.81. The molecule has 1 aliphatic carbocycles. The number of phenolic OH excluding ortho intramolecular Hbond substituents is 2. The highest BCUT2D eigenvalue weighted by atomic mass is 32.2. The van der Waals surface area contributed by atoms with Crippen LogP contribution in [-0.2, 0) is 15.0 Å². The first-order valence-corrected chi connectivity index (χ1v) is 14.2. The van der Waals surface area contributed by atoms with E-state index in [0.29, 0.717) is 17.8 Å². The van der Waals surface area contributed by atoms with E-state index in [1.54, 1.807) is 43.2 Å². The third-order valence-corrected chi connectivity index (χ3v) is 8.06. The number of phenols is 2. The van der Waals surface area contributed by atoms with Crippen molar-refractivity contribution in [2.24, 2.45) is 0 Å². The Morgan fingerprint density at radius 1 is 1.22 bits per heavy atom. The number of aromatic nitrogens is 3. The van der Waals surface area contributed by atoms with Gasteiger partial charge in [-0.2, -0.15) is 16.7 Å². The first-order valence-electron chi connectivity index (χ1n) is 12.8. The van der Waals surface area contributed by atoms with Crippen LogP contribution in [0.15, 0.2) is 52.2 Å². The lowest BCUT2D eigenvalue weighted by Gasteiger charge is -2.29. The average molecular weight is 577 g/mol. The average Bonchev–Trinajstić information content (AvgIpc) is 3.54. The van der Waals surface area contributed by atoms with Crippen LogP contribution in [-0.4, -0.2) is 54.7 Å². The molecule has 41 heavy (non-hydrogen) atoms. The number of carbonyl (C=O) groups excluding carboxylic acids is 3. The van der Waals surface area contributed by atoms with E-state index in [9.17, 15) is 24.6 Å². The third kappa shape index (κ3) is 4.48. The molecule has 3 heterocycles. The second kappa shape index (κ2) is 10.5. The summed E-state index contributed by atoms with van der Waals surface area (Å²) in [5.74, 6) is -1.36. The van der Waals surface area contributed by atoms with Crippen molar-refractivity contribution in [3.8, 4) is 28.6 Å². The first kappa shape index (κ1) is 28.1. The van der Waals surface area contributed by atoms with E-state index in [1.807, 2.05) is 6.26 Å². The van der Waals surface area contributed by atoms with Gasteiger partial charge in [-0.15, -0.1) is 0 Å². The zero-order chi connectivity index (χ0) is 29.6. The molecule has 2 aliphatic rings. The van der Waals surface area contributed by atoms with Crippen LogP contribution in [0, 0.1) is 6.92 Å². The summed E-state index contributed by atoms with van der Waals surface area (Å²) in [6.07, 6.45) is 6.94. The molecule has 5 rings (SSSR count). The minimum Gasteiger partial charge on any atom is -0.507 e. The van der Waals surface area contributed by atoms with Crippen molar-refractivity contribution < 1.29 is 33.9 Å². The summed E-state index contributed by atoms with van der Waals surface area (Å²) in [5.41, 5.74) is -0.892. The van der Waals surface area contributed by atoms with Crippen LogP contribution in [0.1, 0.15) is 60.6 Å². The smallest absolute Gasteiger partial charge is 0.249 e. The van der Waals surface area contributed by atoms with Crippen LogP contribution in [0.5, 0.6) is 17.2 Å². The van der Waals surface area contributed by atoms with Crippen LogP contribution in [0.3, 0.4) is 0 Å². The summed E-state index contributed by atoms with van der Waals surface area (Å²) < 4.78 is 11.4. The first-order chi connectivity index (χ1) is 19.5. The number of nitrogens with one attached hydrogen (secondary N) is 1. The molecule has 3 N–H and O–H groups in total. The molecule has 12 heteroatoms. The number of pyridine rings is 1. The maximum absolute atomic E-state index is 14.1. The highest BCUT2D eigenvalue weighted by molar-refractivity contribution is 7.98. The number of aromatic hydroxyl groups is 2. The molecular formula is C29H28N4O7S. The van der Waals surface area contributed by atoms with Gasteiger partial charge < -0.3 is 24.8 Å². The number of nitrogens with zero attached hydrogens (tertiary/aromatic N) is 3. The van der Waals surface area contributed by atoms with Crippen molar-refractivity contribution in [3.63, 3.8) is 0 Å². The molecule has 3 aromatic rings. The Hall–Kier alpha value is -4.45. The summed E-state index contributed by atoms with van der Waals surface area (Å²) in [6, 6.07) is 3.05. The number of hydrogen-bond acceptors (Lipinski definition) is 12. The molecule has 0 fully saturated rings. The number of allylic oxidation sites excluding steroid dienone is 4. The van der Waals surface area contributed by atoms with Crippen molar-refractivity contribution in [2.45, 2.75) is 45.6 Å². The predicted octanol–water partition coefficient (Wildman–Crippen LogP) is 4.10. The van der Waals surface area contributed by atoms with Crippen molar-refractivity contribution in [2.75, 3.05) is 12.0 Å². The Kier molecular flexibility index (Phi) is 7.20. The van der Waals surface area contributed by atoms with Gasteiger partial charge in [0, 0.05) is 35.3 Å². The Morgan fingerprint density at radius 3 is 2.63 bits per heavy atom. The Balaban J connectivity index is 1.56. The van der Waals surface area contributed by atoms with E-state index >= 15 is 0 Å². The zero-order valence-electron chi connectivity index (χ0n) is 23.1. The van der Waals surface area contributed by atoms with Gasteiger partial charge >= 0.3 is 0 Å². The molecule has 11 nitrogen and oxygen atoms in total. The lowest BCUT2D eigenvalue weighted by molar-refractivity contribution is -0.123. The number of Topliss-reactive ketones (excluding diaryl/α,β-unsaturated/α-hetero) is 2. The summed E-state index contributed by atoms with van der Waals surface area (Å²) in [5, 5.41) is 28.9. The molecule has 1 aromatic carbocycles. The molecule has 1 aliphatic heterocycles. The number of benzene rings is 1. The Labute approximate surface area is 239 Å². The zero-order valence-corrected chi connectivity index (χ0v) is 23.9. The number of hydrogen-bond donors (Lipinski definition) is 3. The molecule has 0 spiro atoms. The number of thioether (sulfide) groups is 1. The maximum Gasteiger partial charge on any atom is 0.249 e. The van der Waals surface area contributed by atoms with Gasteiger partial charge in [0.15, 0.2) is 17.3 Å². The summed E-state index contributed by atoms with van der Waals surface area (Å²) in [7, 11) is 0. The minimum absolute atomic E-state index is 0.0289. The van der Waals surface area contributed by atoms with Crippen molar-refractivity contribution in [1.82, 2.24) is 20.4 Å². The number of ketones is 3. The van der Waals surface area contributed by atoms with E-state index in [4.69, 9.17) is 9.26 Å². The molecule has 0 amide bonds. The number of ether oxygens (including phenoxy) is 1. The fourth-order valence-corrected chi connectivity index (χ4v) is 5.65. The van der Waals surface area contributed by atoms with Crippen LogP contribution in [0.25, 0.3) is 11.4 Å². The summed E-state index contributed by atoms with van der Waals surface area (Å²) in [4.78, 5) is 48.5. The van der Waals surface area contributed by atoms with Gasteiger partial charge in [0.25, 0.3) is 0 Å². The van der Waals surface area contributed by atoms with Crippen LogP contribution >= 0.6 is 11.8 Å². The van der Waals surface area contributed by atoms with E-state index in [1.165, 1.54) is 26.8 Å². The molecule has 2 aromatic heterocycles. The van der Waals surface area contributed by atoms with E-state index in [-0.39, 0.29) is 51.1 Å². The topological polar surface area (TPSA) is 165 Å². The number of carbonyl (C=O) groups is 3. The van der Waals surface area contributed by atoms with Gasteiger partial charge in [-0.25, -0.2) is 0 Å². The quantitative estimate of drug-likeness (QED) is 0.200. The van der Waals surface area contributed by atoms with Gasteiger partial charge in [0.2, 0.25) is 11.7 Å². The van der Waals surface area contributed by atoms with Crippen LogP contribution in [0.4, 0.5) is 0 Å². The molecule has 212 valence electrons. The fraction of sp³-hybridized carbons (Fsp3) is 0.310. The molecule has 0 bridgehead atoms. The van der Waals surface area contributed by atoms with Crippen molar-refractivity contribution >= 4 is 29.1 Å². The second-order valence-corrected chi connectivity index (χ2v) is 11.0. The lowest BCUT2D eigenvalue weighted by atomic mass is 9.70. The van der Waals surface area contributed by atoms with Gasteiger partial charge in [-0.1, -0.05) is 5.16 Å². The van der Waals surface area contributed by atoms with Crippen LogP contribution < -0.4 is 10.1 Å². The molecule has 0 saturated heterocycles. The van der Waals surface area contributed by atoms with Gasteiger partial charge in [0.05, 0.1) is 11.1 Å².